The molecule has 3 rings (SSSR count). The Morgan fingerprint density at radius 2 is 1.76 bits per heavy atom. The number of rotatable bonds is 3. The van der Waals surface area contributed by atoms with Gasteiger partial charge in [-0.05, 0) is 25.0 Å². The van der Waals surface area contributed by atoms with Crippen LogP contribution in [0.3, 0.4) is 0 Å². The average Bonchev–Trinajstić information content (AvgIpc) is 2.79. The van der Waals surface area contributed by atoms with Gasteiger partial charge in [-0.2, -0.15) is 0 Å². The molecule has 1 heterocycles. The van der Waals surface area contributed by atoms with Crippen molar-refractivity contribution in [3.63, 3.8) is 0 Å². The lowest BCUT2D eigenvalue weighted by Gasteiger charge is -2.42. The van der Waals surface area contributed by atoms with Gasteiger partial charge in [-0.25, -0.2) is 10.0 Å². The summed E-state index contributed by atoms with van der Waals surface area (Å²) >= 11 is 6.16. The number of quaternary nitrogens is 1. The average molecular weight is 365 g/mol. The van der Waals surface area contributed by atoms with E-state index in [1.807, 2.05) is 21.1 Å². The quantitative estimate of drug-likeness (QED) is 0.508. The first-order valence-electron chi connectivity index (χ1n) is 8.49. The molecule has 0 aromatic heterocycles. The monoisotopic (exact) mass is 364 g/mol. The molecule has 0 bridgehead atoms. The molecule has 0 spiro atoms. The number of imide groups is 1. The van der Waals surface area contributed by atoms with E-state index in [2.05, 4.69) is 5.43 Å². The van der Waals surface area contributed by atoms with E-state index in [0.29, 0.717) is 12.8 Å². The smallest absolute Gasteiger partial charge is 0.269 e. The van der Waals surface area contributed by atoms with E-state index in [4.69, 9.17) is 11.6 Å². The van der Waals surface area contributed by atoms with Crippen LogP contribution in [-0.2, 0) is 4.79 Å². The van der Waals surface area contributed by atoms with Crippen molar-refractivity contribution >= 4 is 29.3 Å². The number of hydrogen-bond acceptors (Lipinski definition) is 3. The molecular weight excluding hydrogens is 342 g/mol. The summed E-state index contributed by atoms with van der Waals surface area (Å²) in [5, 5.41) is 0.247. The molecule has 1 aliphatic carbocycles. The van der Waals surface area contributed by atoms with E-state index in [1.165, 1.54) is 0 Å². The van der Waals surface area contributed by atoms with E-state index >= 15 is 0 Å². The molecule has 25 heavy (non-hydrogen) atoms. The summed E-state index contributed by atoms with van der Waals surface area (Å²) < 4.78 is 0.213. The van der Waals surface area contributed by atoms with E-state index in [1.54, 1.807) is 18.2 Å². The van der Waals surface area contributed by atoms with Gasteiger partial charge in [-0.3, -0.25) is 19.3 Å². The topological polar surface area (TPSA) is 66.5 Å². The largest absolute Gasteiger partial charge is 0.291 e. The number of fused-ring (bicyclic) bond motifs is 1. The van der Waals surface area contributed by atoms with Crippen LogP contribution in [0.2, 0.25) is 5.02 Å². The number of hydrogen-bond donors (Lipinski definition) is 1. The second-order valence-electron chi connectivity index (χ2n) is 7.65. The maximum atomic E-state index is 13.1. The van der Waals surface area contributed by atoms with Gasteiger partial charge in [0.05, 0.1) is 37.3 Å². The predicted octanol–water partition coefficient (Wildman–Crippen LogP) is 2.38. The molecule has 1 fully saturated rings. The minimum Gasteiger partial charge on any atom is -0.269 e. The van der Waals surface area contributed by atoms with Gasteiger partial charge >= 0.3 is 0 Å². The Bertz CT molecular complexity index is 748. The fraction of sp³-hybridized carbons (Fsp3) is 0.500. The molecular formula is C18H23ClN3O3+. The normalized spacial score (nSPS) is 19.8. The minimum absolute atomic E-state index is 0.206. The summed E-state index contributed by atoms with van der Waals surface area (Å²) in [7, 11) is 5.48. The Morgan fingerprint density at radius 1 is 1.12 bits per heavy atom. The van der Waals surface area contributed by atoms with Crippen molar-refractivity contribution in [2.45, 2.75) is 37.6 Å². The van der Waals surface area contributed by atoms with Crippen LogP contribution in [0.25, 0.3) is 0 Å². The fourth-order valence-electron chi connectivity index (χ4n) is 3.73. The van der Waals surface area contributed by atoms with Gasteiger partial charge in [0.25, 0.3) is 17.7 Å². The van der Waals surface area contributed by atoms with Crippen molar-refractivity contribution in [2.75, 3.05) is 21.1 Å². The highest BCUT2D eigenvalue weighted by Crippen LogP contribution is 2.41. The van der Waals surface area contributed by atoms with Gasteiger partial charge in [0.2, 0.25) is 0 Å². The van der Waals surface area contributed by atoms with Crippen LogP contribution in [0.1, 0.15) is 52.8 Å². The molecule has 1 aliphatic heterocycles. The van der Waals surface area contributed by atoms with Crippen molar-refractivity contribution < 1.29 is 19.0 Å². The van der Waals surface area contributed by atoms with Crippen LogP contribution >= 0.6 is 11.6 Å². The van der Waals surface area contributed by atoms with Crippen LogP contribution in [0.4, 0.5) is 0 Å². The summed E-state index contributed by atoms with van der Waals surface area (Å²) in [6.07, 6.45) is 3.53. The Morgan fingerprint density at radius 3 is 2.32 bits per heavy atom. The van der Waals surface area contributed by atoms with Gasteiger partial charge in [-0.1, -0.05) is 36.9 Å². The maximum absolute atomic E-state index is 13.1. The number of nitrogens with zero attached hydrogens (tertiary/aromatic N) is 2. The summed E-state index contributed by atoms with van der Waals surface area (Å²) in [4.78, 5) is 40.3. The molecule has 1 aromatic carbocycles. The molecule has 0 atom stereocenters. The lowest BCUT2D eigenvalue weighted by Crippen LogP contribution is -2.66. The van der Waals surface area contributed by atoms with Crippen molar-refractivity contribution in [1.29, 1.82) is 0 Å². The fourth-order valence-corrected chi connectivity index (χ4v) is 3.99. The van der Waals surface area contributed by atoms with E-state index in [0.717, 1.165) is 24.2 Å². The standard InChI is InChI=1S/C18H22ClN3O3/c1-22(2,3)20-17(25)18(10-5-4-6-11-18)21-15(23)12-8-7-9-13(19)14(12)16(21)24/h7-9H,4-6,10-11H2,1-3H3/p+1. The molecule has 3 amide bonds. The third-order valence-corrected chi connectivity index (χ3v) is 5.15. The van der Waals surface area contributed by atoms with Crippen LogP contribution in [0.5, 0.6) is 0 Å². The lowest BCUT2D eigenvalue weighted by atomic mass is 9.79. The van der Waals surface area contributed by atoms with Crippen LogP contribution in [0, 0.1) is 0 Å². The highest BCUT2D eigenvalue weighted by molar-refractivity contribution is 6.37. The van der Waals surface area contributed by atoms with Gasteiger partial charge in [0.15, 0.2) is 0 Å². The Labute approximate surface area is 152 Å². The van der Waals surface area contributed by atoms with E-state index in [-0.39, 0.29) is 26.6 Å². The van der Waals surface area contributed by atoms with Gasteiger partial charge in [-0.15, -0.1) is 0 Å². The van der Waals surface area contributed by atoms with Crippen molar-refractivity contribution in [3.05, 3.63) is 34.3 Å². The number of benzene rings is 1. The van der Waals surface area contributed by atoms with Gasteiger partial charge < -0.3 is 0 Å². The highest BCUT2D eigenvalue weighted by atomic mass is 35.5. The van der Waals surface area contributed by atoms with E-state index < -0.39 is 17.4 Å². The predicted molar refractivity (Wildman–Crippen MR) is 93.9 cm³/mol. The number of nitrogens with one attached hydrogen (secondary N) is 1. The van der Waals surface area contributed by atoms with Crippen LogP contribution in [-0.4, -0.2) is 53.9 Å². The summed E-state index contributed by atoms with van der Waals surface area (Å²) in [5.74, 6) is -1.18. The Balaban J connectivity index is 2.07. The molecule has 0 saturated heterocycles. The molecule has 0 unspecified atom stereocenters. The maximum Gasteiger partial charge on any atom is 0.291 e. The first kappa shape index (κ1) is 17.9. The lowest BCUT2D eigenvalue weighted by molar-refractivity contribution is -0.906. The van der Waals surface area contributed by atoms with Gasteiger partial charge in [0.1, 0.15) is 5.54 Å². The van der Waals surface area contributed by atoms with Crippen LogP contribution < -0.4 is 5.43 Å². The molecule has 2 aliphatic rings. The third-order valence-electron chi connectivity index (χ3n) is 4.83. The Hall–Kier alpha value is -1.92. The number of amides is 3. The molecule has 0 radical (unpaired) electrons. The zero-order valence-corrected chi connectivity index (χ0v) is 15.5. The summed E-state index contributed by atoms with van der Waals surface area (Å²) in [6, 6.07) is 4.83. The molecule has 1 aromatic rings. The zero-order chi connectivity index (χ0) is 18.4. The minimum atomic E-state index is -1.15. The summed E-state index contributed by atoms with van der Waals surface area (Å²) in [6.45, 7) is 0. The highest BCUT2D eigenvalue weighted by Gasteiger charge is 2.55. The molecule has 1 saturated carbocycles. The first-order chi connectivity index (χ1) is 11.7. The summed E-state index contributed by atoms with van der Waals surface area (Å²) in [5.41, 5.74) is 2.24. The van der Waals surface area contributed by atoms with Crippen molar-refractivity contribution in [2.24, 2.45) is 0 Å². The molecule has 7 heteroatoms. The molecule has 6 nitrogen and oxygen atoms in total. The van der Waals surface area contributed by atoms with Gasteiger partial charge in [0, 0.05) is 0 Å². The zero-order valence-electron chi connectivity index (χ0n) is 14.8. The number of carbonyl (C=O) groups excluding carboxylic acids is 3. The molecule has 134 valence electrons. The van der Waals surface area contributed by atoms with Crippen LogP contribution in [0.15, 0.2) is 18.2 Å². The van der Waals surface area contributed by atoms with Crippen molar-refractivity contribution in [1.82, 2.24) is 10.3 Å². The van der Waals surface area contributed by atoms with E-state index in [9.17, 15) is 14.4 Å². The first-order valence-corrected chi connectivity index (χ1v) is 8.87. The SMILES string of the molecule is C[N+](C)(C)NC(=O)C1(N2C(=O)c3cccc(Cl)c3C2=O)CCCCC1. The second kappa shape index (κ2) is 6.11. The Kier molecular flexibility index (Phi) is 4.37. The number of halogens is 1. The third kappa shape index (κ3) is 2.93. The van der Waals surface area contributed by atoms with Crippen molar-refractivity contribution in [3.8, 4) is 0 Å². The molecule has 1 N–H and O–H groups in total. The second-order valence-corrected chi connectivity index (χ2v) is 8.06. The number of carbonyl (C=O) groups is 3.